The maximum atomic E-state index is 13.3. The van der Waals surface area contributed by atoms with Crippen molar-refractivity contribution in [3.05, 3.63) is 36.0 Å². The number of rotatable bonds is 5. The van der Waals surface area contributed by atoms with E-state index < -0.39 is 39.9 Å². The number of hydrogen-bond acceptors (Lipinski definition) is 8. The maximum absolute atomic E-state index is 13.3. The van der Waals surface area contributed by atoms with Crippen molar-refractivity contribution < 1.29 is 36.2 Å². The molecule has 1 fully saturated rings. The summed E-state index contributed by atoms with van der Waals surface area (Å²) in [5, 5.41) is 17.6. The van der Waals surface area contributed by atoms with E-state index >= 15 is 0 Å². The largest absolute Gasteiger partial charge is 0.469 e. The molecule has 2 aromatic rings. The van der Waals surface area contributed by atoms with Crippen molar-refractivity contribution in [1.29, 1.82) is 0 Å². The van der Waals surface area contributed by atoms with Crippen LogP contribution in [0.25, 0.3) is 0 Å². The first-order valence-electron chi connectivity index (χ1n) is 8.30. The highest BCUT2D eigenvalue weighted by Gasteiger charge is 2.38. The van der Waals surface area contributed by atoms with E-state index in [-0.39, 0.29) is 30.5 Å². The Bertz CT molecular complexity index is 970. The molecule has 0 unspecified atom stereocenters. The third kappa shape index (κ3) is 5.32. The van der Waals surface area contributed by atoms with E-state index in [9.17, 15) is 26.7 Å². The van der Waals surface area contributed by atoms with E-state index in [1.165, 1.54) is 24.3 Å². The molecule has 2 heterocycles. The molecule has 158 valence electrons. The van der Waals surface area contributed by atoms with Crippen LogP contribution in [-0.4, -0.2) is 48.9 Å². The zero-order chi connectivity index (χ0) is 21.2. The van der Waals surface area contributed by atoms with Crippen molar-refractivity contribution in [2.75, 3.05) is 18.5 Å². The van der Waals surface area contributed by atoms with Gasteiger partial charge < -0.3 is 19.9 Å². The smallest absolute Gasteiger partial charge is 0.423 e. The second-order valence-electron chi connectivity index (χ2n) is 6.19. The number of halogens is 3. The number of hydrogen-bond donors (Lipinski definition) is 3. The molecule has 0 spiro atoms. The molecule has 13 heteroatoms. The van der Waals surface area contributed by atoms with Gasteiger partial charge in [-0.25, -0.2) is 18.5 Å². The Labute approximate surface area is 163 Å². The fraction of sp³-hybridized carbons (Fsp3) is 0.375. The minimum atomic E-state index is -4.77. The van der Waals surface area contributed by atoms with Gasteiger partial charge in [0, 0.05) is 24.9 Å². The number of primary sulfonamides is 1. The number of anilines is 2. The summed E-state index contributed by atoms with van der Waals surface area (Å²) in [6.07, 6.45) is -6.01. The summed E-state index contributed by atoms with van der Waals surface area (Å²) in [5.74, 6) is -0.978. The first-order chi connectivity index (χ1) is 13.5. The molecule has 1 aromatic heterocycles. The lowest BCUT2D eigenvalue weighted by molar-refractivity contribution is -0.142. The molecule has 4 N–H and O–H groups in total. The average molecular weight is 434 g/mol. The molecule has 0 aliphatic carbocycles. The zero-order valence-electron chi connectivity index (χ0n) is 14.8. The summed E-state index contributed by atoms with van der Waals surface area (Å²) in [6.45, 7) is 0.193. The Morgan fingerprint density at radius 1 is 1.28 bits per heavy atom. The summed E-state index contributed by atoms with van der Waals surface area (Å²) in [4.78, 5) is 7.25. The summed E-state index contributed by atoms with van der Waals surface area (Å²) >= 11 is 0. The molecule has 3 rings (SSSR count). The quantitative estimate of drug-likeness (QED) is 0.643. The summed E-state index contributed by atoms with van der Waals surface area (Å²) < 4.78 is 72.8. The Balaban J connectivity index is 1.86. The number of alkyl halides is 3. The van der Waals surface area contributed by atoms with Gasteiger partial charge in [-0.2, -0.15) is 18.2 Å². The topological polar surface area (TPSA) is 137 Å². The SMILES string of the molecule is NS(=O)(=O)c1ccc(Nc2ncc(C(F)(F)F)c(O[C@H]3COCC[C@H]3O)n2)cc1. The van der Waals surface area contributed by atoms with Crippen LogP contribution in [0.15, 0.2) is 35.4 Å². The van der Waals surface area contributed by atoms with E-state index in [1.807, 2.05) is 0 Å². The minimum absolute atomic E-state index is 0.0831. The molecule has 1 saturated heterocycles. The van der Waals surface area contributed by atoms with Crippen molar-refractivity contribution in [2.45, 2.75) is 29.7 Å². The predicted molar refractivity (Wildman–Crippen MR) is 94.0 cm³/mol. The molecule has 1 aliphatic heterocycles. The fourth-order valence-corrected chi connectivity index (χ4v) is 3.04. The highest BCUT2D eigenvalue weighted by Crippen LogP contribution is 2.36. The van der Waals surface area contributed by atoms with Crippen LogP contribution in [0.2, 0.25) is 0 Å². The van der Waals surface area contributed by atoms with E-state index in [1.54, 1.807) is 0 Å². The number of sulfonamides is 1. The number of aromatic nitrogens is 2. The molecular weight excluding hydrogens is 417 g/mol. The van der Waals surface area contributed by atoms with E-state index in [0.717, 1.165) is 0 Å². The first kappa shape index (κ1) is 21.2. The number of nitrogens with two attached hydrogens (primary N) is 1. The molecule has 0 bridgehead atoms. The zero-order valence-corrected chi connectivity index (χ0v) is 15.6. The third-order valence-electron chi connectivity index (χ3n) is 4.03. The standard InChI is InChI=1S/C16H17F3N4O5S/c17-16(18,19)11-7-21-15(22-9-1-3-10(4-2-9)29(20,25)26)23-14(11)28-13-8-27-6-5-12(13)24/h1-4,7,12-13,24H,5-6,8H2,(H2,20,25,26)(H,21,22,23)/t12-,13+/m1/s1. The van der Waals surface area contributed by atoms with Gasteiger partial charge in [-0.1, -0.05) is 0 Å². The van der Waals surface area contributed by atoms with Gasteiger partial charge in [-0.05, 0) is 24.3 Å². The van der Waals surface area contributed by atoms with Gasteiger partial charge in [0.25, 0.3) is 0 Å². The van der Waals surface area contributed by atoms with Crippen LogP contribution in [0.3, 0.4) is 0 Å². The predicted octanol–water partition coefficient (Wildman–Crippen LogP) is 1.42. The Kier molecular flexibility index (Phi) is 5.93. The molecule has 0 amide bonds. The van der Waals surface area contributed by atoms with E-state index in [2.05, 4.69) is 15.3 Å². The van der Waals surface area contributed by atoms with Crippen molar-refractivity contribution in [2.24, 2.45) is 5.14 Å². The second kappa shape index (κ2) is 8.10. The Morgan fingerprint density at radius 3 is 2.55 bits per heavy atom. The Hall–Kier alpha value is -2.48. The van der Waals surface area contributed by atoms with E-state index in [0.29, 0.717) is 11.9 Å². The van der Waals surface area contributed by atoms with Crippen LogP contribution >= 0.6 is 0 Å². The highest BCUT2D eigenvalue weighted by atomic mass is 32.2. The molecule has 29 heavy (non-hydrogen) atoms. The van der Waals surface area contributed by atoms with Crippen LogP contribution < -0.4 is 15.2 Å². The van der Waals surface area contributed by atoms with Crippen LogP contribution in [0.4, 0.5) is 24.8 Å². The average Bonchev–Trinajstić information content (AvgIpc) is 2.62. The molecule has 0 saturated carbocycles. The lowest BCUT2D eigenvalue weighted by Gasteiger charge is -2.28. The first-order valence-corrected chi connectivity index (χ1v) is 9.85. The van der Waals surface area contributed by atoms with Gasteiger partial charge in [0.2, 0.25) is 21.9 Å². The van der Waals surface area contributed by atoms with Gasteiger partial charge in [0.1, 0.15) is 11.7 Å². The lowest BCUT2D eigenvalue weighted by Crippen LogP contribution is -2.41. The monoisotopic (exact) mass is 434 g/mol. The van der Waals surface area contributed by atoms with E-state index in [4.69, 9.17) is 14.6 Å². The summed E-state index contributed by atoms with van der Waals surface area (Å²) in [5.41, 5.74) is -0.894. The molecule has 9 nitrogen and oxygen atoms in total. The van der Waals surface area contributed by atoms with Gasteiger partial charge in [-0.15, -0.1) is 0 Å². The van der Waals surface area contributed by atoms with Crippen LogP contribution in [0.1, 0.15) is 12.0 Å². The van der Waals surface area contributed by atoms with Crippen LogP contribution in [0, 0.1) is 0 Å². The second-order valence-corrected chi connectivity index (χ2v) is 7.75. The van der Waals surface area contributed by atoms with Crippen molar-refractivity contribution in [3.63, 3.8) is 0 Å². The van der Waals surface area contributed by atoms with Crippen molar-refractivity contribution >= 4 is 21.7 Å². The third-order valence-corrected chi connectivity index (χ3v) is 4.96. The molecule has 0 radical (unpaired) electrons. The van der Waals surface area contributed by atoms with Crippen LogP contribution in [-0.2, 0) is 20.9 Å². The minimum Gasteiger partial charge on any atom is -0.469 e. The lowest BCUT2D eigenvalue weighted by atomic mass is 10.1. The van der Waals surface area contributed by atoms with Gasteiger partial charge >= 0.3 is 6.18 Å². The number of aliphatic hydroxyl groups is 1. The number of nitrogens with one attached hydrogen (secondary N) is 1. The Morgan fingerprint density at radius 2 is 1.97 bits per heavy atom. The molecular formula is C16H17F3N4O5S. The maximum Gasteiger partial charge on any atom is 0.423 e. The number of benzene rings is 1. The molecule has 1 aliphatic rings. The number of ether oxygens (including phenoxy) is 2. The van der Waals surface area contributed by atoms with Gasteiger partial charge in [0.05, 0.1) is 17.6 Å². The molecule has 1 aromatic carbocycles. The highest BCUT2D eigenvalue weighted by molar-refractivity contribution is 7.89. The molecule has 2 atom stereocenters. The fourth-order valence-electron chi connectivity index (χ4n) is 2.52. The number of nitrogens with zero attached hydrogens (tertiary/aromatic N) is 2. The van der Waals surface area contributed by atoms with Gasteiger partial charge in [-0.3, -0.25) is 0 Å². The van der Waals surface area contributed by atoms with Gasteiger partial charge in [0.15, 0.2) is 0 Å². The van der Waals surface area contributed by atoms with Crippen LogP contribution in [0.5, 0.6) is 5.88 Å². The number of aliphatic hydroxyl groups excluding tert-OH is 1. The van der Waals surface area contributed by atoms with Crippen molar-refractivity contribution in [3.8, 4) is 5.88 Å². The normalized spacial score (nSPS) is 20.3. The van der Waals surface area contributed by atoms with Crippen molar-refractivity contribution in [1.82, 2.24) is 9.97 Å². The summed E-state index contributed by atoms with van der Waals surface area (Å²) in [7, 11) is -3.88. The summed E-state index contributed by atoms with van der Waals surface area (Å²) in [6, 6.07) is 5.13.